The van der Waals surface area contributed by atoms with Crippen LogP contribution in [0.3, 0.4) is 0 Å². The van der Waals surface area contributed by atoms with E-state index in [9.17, 15) is 4.79 Å². The minimum atomic E-state index is -1.06. The summed E-state index contributed by atoms with van der Waals surface area (Å²) in [7, 11) is 0. The summed E-state index contributed by atoms with van der Waals surface area (Å²) in [5.74, 6) is -1.06. The predicted molar refractivity (Wildman–Crippen MR) is 96.0 cm³/mol. The van der Waals surface area contributed by atoms with E-state index in [1.165, 1.54) is 23.0 Å². The zero-order valence-electron chi connectivity index (χ0n) is 12.8. The summed E-state index contributed by atoms with van der Waals surface area (Å²) >= 11 is 3.30. The number of benzene rings is 2. The van der Waals surface area contributed by atoms with Crippen LogP contribution in [0.1, 0.15) is 21.7 Å². The maximum absolute atomic E-state index is 11.1. The molecule has 0 spiro atoms. The first-order chi connectivity index (χ1) is 11.6. The zero-order chi connectivity index (χ0) is 16.9. The monoisotopic (exact) mass is 382 g/mol. The van der Waals surface area contributed by atoms with E-state index in [2.05, 4.69) is 56.2 Å². The Bertz CT molecular complexity index is 866. The number of halogens is 1. The van der Waals surface area contributed by atoms with Crippen LogP contribution in [0.25, 0.3) is 11.1 Å². The maximum atomic E-state index is 11.1. The summed E-state index contributed by atoms with van der Waals surface area (Å²) in [6.07, 6.45) is 2.71. The van der Waals surface area contributed by atoms with Gasteiger partial charge in [0.25, 0.3) is 0 Å². The average Bonchev–Trinajstić information content (AvgIpc) is 2.61. The number of rotatable bonds is 5. The summed E-state index contributed by atoms with van der Waals surface area (Å²) in [5.41, 5.74) is 4.22. The molecule has 24 heavy (non-hydrogen) atoms. The highest BCUT2D eigenvalue weighted by Gasteiger charge is 2.14. The molecule has 2 aromatic carbocycles. The van der Waals surface area contributed by atoms with Crippen molar-refractivity contribution in [3.8, 4) is 11.1 Å². The smallest absolute Gasteiger partial charge is 0.355 e. The van der Waals surface area contributed by atoms with E-state index in [1.807, 2.05) is 24.3 Å². The number of nitrogens with zero attached hydrogens (tertiary/aromatic N) is 2. The van der Waals surface area contributed by atoms with Gasteiger partial charge in [-0.2, -0.15) is 0 Å². The number of aryl methyl sites for hydroxylation is 2. The minimum absolute atomic E-state index is 0.00182. The molecule has 120 valence electrons. The van der Waals surface area contributed by atoms with Crippen LogP contribution in [0.4, 0.5) is 0 Å². The molecule has 0 aliphatic heterocycles. The summed E-state index contributed by atoms with van der Waals surface area (Å²) in [6.45, 7) is 0. The highest BCUT2D eigenvalue weighted by Crippen LogP contribution is 2.23. The van der Waals surface area contributed by atoms with E-state index >= 15 is 0 Å². The van der Waals surface area contributed by atoms with Crippen LogP contribution in [0.15, 0.2) is 65.4 Å². The molecule has 0 aliphatic rings. The molecule has 1 N–H and O–H groups in total. The van der Waals surface area contributed by atoms with Gasteiger partial charge in [0.1, 0.15) is 6.33 Å². The Balaban J connectivity index is 1.79. The van der Waals surface area contributed by atoms with Gasteiger partial charge in [0.15, 0.2) is 5.69 Å². The Hall–Kier alpha value is -2.53. The number of carbonyl (C=O) groups is 1. The Morgan fingerprint density at radius 3 is 2.46 bits per heavy atom. The molecule has 0 atom stereocenters. The number of hydrogen-bond donors (Lipinski definition) is 1. The molecule has 0 unspecified atom stereocenters. The van der Waals surface area contributed by atoms with E-state index in [0.717, 1.165) is 6.42 Å². The number of aromatic carboxylic acids is 1. The Kier molecular flexibility index (Phi) is 5.01. The van der Waals surface area contributed by atoms with Crippen LogP contribution in [0.5, 0.6) is 0 Å². The second-order valence-corrected chi connectivity index (χ2v) is 6.15. The fourth-order valence-corrected chi connectivity index (χ4v) is 3.10. The Morgan fingerprint density at radius 2 is 1.71 bits per heavy atom. The van der Waals surface area contributed by atoms with Crippen molar-refractivity contribution in [2.45, 2.75) is 12.8 Å². The lowest BCUT2D eigenvalue weighted by atomic mass is 10.0. The summed E-state index contributed by atoms with van der Waals surface area (Å²) in [5, 5.41) is 9.12. The molecule has 0 fully saturated rings. The van der Waals surface area contributed by atoms with Crippen molar-refractivity contribution in [2.75, 3.05) is 0 Å². The fourth-order valence-electron chi connectivity index (χ4n) is 2.53. The third-order valence-corrected chi connectivity index (χ3v) is 4.58. The van der Waals surface area contributed by atoms with E-state index < -0.39 is 5.97 Å². The number of aromatic nitrogens is 2. The SMILES string of the molecule is O=C(O)c1ncnc(CCc2cccc(-c3ccccc3)c2)c1Br. The lowest BCUT2D eigenvalue weighted by Crippen LogP contribution is -2.06. The van der Waals surface area contributed by atoms with Crippen LogP contribution in [0.2, 0.25) is 0 Å². The quantitative estimate of drug-likeness (QED) is 0.710. The van der Waals surface area contributed by atoms with Crippen LogP contribution >= 0.6 is 15.9 Å². The summed E-state index contributed by atoms with van der Waals surface area (Å²) < 4.78 is 0.455. The van der Waals surface area contributed by atoms with Gasteiger partial charge in [0.2, 0.25) is 0 Å². The largest absolute Gasteiger partial charge is 0.476 e. The van der Waals surface area contributed by atoms with E-state index in [4.69, 9.17) is 5.11 Å². The van der Waals surface area contributed by atoms with Crippen molar-refractivity contribution in [1.82, 2.24) is 9.97 Å². The fraction of sp³-hybridized carbons (Fsp3) is 0.105. The molecule has 3 aromatic rings. The lowest BCUT2D eigenvalue weighted by Gasteiger charge is -2.07. The first-order valence-corrected chi connectivity index (χ1v) is 8.31. The second-order valence-electron chi connectivity index (χ2n) is 5.35. The van der Waals surface area contributed by atoms with E-state index in [1.54, 1.807) is 0 Å². The molecule has 0 aliphatic carbocycles. The molecule has 1 heterocycles. The van der Waals surface area contributed by atoms with Crippen molar-refractivity contribution >= 4 is 21.9 Å². The van der Waals surface area contributed by atoms with Gasteiger partial charge < -0.3 is 5.11 Å². The minimum Gasteiger partial charge on any atom is -0.476 e. The highest BCUT2D eigenvalue weighted by molar-refractivity contribution is 9.10. The predicted octanol–water partition coefficient (Wildman–Crippen LogP) is 4.39. The van der Waals surface area contributed by atoms with Gasteiger partial charge in [-0.05, 0) is 45.5 Å². The Labute approximate surface area is 148 Å². The molecular weight excluding hydrogens is 368 g/mol. The third kappa shape index (κ3) is 3.68. The summed E-state index contributed by atoms with van der Waals surface area (Å²) in [4.78, 5) is 19.1. The van der Waals surface area contributed by atoms with Gasteiger partial charge in [0.05, 0.1) is 10.2 Å². The van der Waals surface area contributed by atoms with Gasteiger partial charge in [-0.15, -0.1) is 0 Å². The molecule has 0 saturated heterocycles. The average molecular weight is 383 g/mol. The second kappa shape index (κ2) is 7.36. The topological polar surface area (TPSA) is 63.1 Å². The lowest BCUT2D eigenvalue weighted by molar-refractivity contribution is 0.0689. The van der Waals surface area contributed by atoms with Crippen molar-refractivity contribution in [2.24, 2.45) is 0 Å². The molecule has 3 rings (SSSR count). The first kappa shape index (κ1) is 16.3. The Morgan fingerprint density at radius 1 is 0.958 bits per heavy atom. The molecule has 5 heteroatoms. The van der Waals surface area contributed by atoms with Crippen molar-refractivity contribution in [3.05, 3.63) is 82.3 Å². The molecule has 0 bridgehead atoms. The van der Waals surface area contributed by atoms with Gasteiger partial charge in [0, 0.05) is 0 Å². The number of carboxylic acids is 1. The van der Waals surface area contributed by atoms with Crippen molar-refractivity contribution < 1.29 is 9.90 Å². The van der Waals surface area contributed by atoms with Crippen LogP contribution in [0, 0.1) is 0 Å². The molecule has 1 aromatic heterocycles. The molecule has 4 nitrogen and oxygen atoms in total. The third-order valence-electron chi connectivity index (χ3n) is 3.75. The van der Waals surface area contributed by atoms with Crippen molar-refractivity contribution in [3.63, 3.8) is 0 Å². The zero-order valence-corrected chi connectivity index (χ0v) is 14.4. The van der Waals surface area contributed by atoms with Gasteiger partial charge in [-0.25, -0.2) is 14.8 Å². The molecular formula is C19H15BrN2O2. The van der Waals surface area contributed by atoms with Gasteiger partial charge >= 0.3 is 5.97 Å². The molecule has 0 saturated carbocycles. The highest BCUT2D eigenvalue weighted by atomic mass is 79.9. The van der Waals surface area contributed by atoms with Gasteiger partial charge in [-0.3, -0.25) is 0 Å². The first-order valence-electron chi connectivity index (χ1n) is 7.52. The van der Waals surface area contributed by atoms with Crippen LogP contribution in [-0.2, 0) is 12.8 Å². The van der Waals surface area contributed by atoms with Crippen molar-refractivity contribution in [1.29, 1.82) is 0 Å². The standard InChI is InChI=1S/C19H15BrN2O2/c20-17-16(21-12-22-18(17)19(23)24)10-9-13-5-4-8-15(11-13)14-6-2-1-3-7-14/h1-8,11-12H,9-10H2,(H,23,24). The summed E-state index contributed by atoms with van der Waals surface area (Å²) in [6, 6.07) is 18.6. The normalized spacial score (nSPS) is 10.5. The van der Waals surface area contributed by atoms with Gasteiger partial charge in [-0.1, -0.05) is 54.6 Å². The number of carboxylic acid groups (broad SMARTS) is 1. The number of hydrogen-bond acceptors (Lipinski definition) is 3. The molecule has 0 radical (unpaired) electrons. The van der Waals surface area contributed by atoms with E-state index in [-0.39, 0.29) is 5.69 Å². The maximum Gasteiger partial charge on any atom is 0.355 e. The molecule has 0 amide bonds. The van der Waals surface area contributed by atoms with E-state index in [0.29, 0.717) is 16.6 Å². The van der Waals surface area contributed by atoms with Crippen LogP contribution in [-0.4, -0.2) is 21.0 Å². The van der Waals surface area contributed by atoms with Crippen LogP contribution < -0.4 is 0 Å².